The van der Waals surface area contributed by atoms with Gasteiger partial charge in [0, 0.05) is 29.4 Å². The van der Waals surface area contributed by atoms with Crippen LogP contribution in [0.4, 0.5) is 0 Å². The lowest BCUT2D eigenvalue weighted by Gasteiger charge is -2.33. The third kappa shape index (κ3) is 5.74. The van der Waals surface area contributed by atoms with Gasteiger partial charge < -0.3 is 15.0 Å². The zero-order chi connectivity index (χ0) is 24.3. The van der Waals surface area contributed by atoms with E-state index in [0.717, 1.165) is 16.6 Å². The zero-order valence-electron chi connectivity index (χ0n) is 18.2. The van der Waals surface area contributed by atoms with Gasteiger partial charge in [0.05, 0.1) is 10.9 Å². The highest BCUT2D eigenvalue weighted by Crippen LogP contribution is 2.29. The van der Waals surface area contributed by atoms with Gasteiger partial charge >= 0.3 is 5.82 Å². The van der Waals surface area contributed by atoms with Crippen LogP contribution in [-0.2, 0) is 19.6 Å². The minimum absolute atomic E-state index is 0.157. The van der Waals surface area contributed by atoms with Crippen molar-refractivity contribution in [2.24, 2.45) is 0 Å². The molecular weight excluding hydrogens is 502 g/mol. The lowest BCUT2D eigenvalue weighted by atomic mass is 10.1. The van der Waals surface area contributed by atoms with Gasteiger partial charge in [-0.3, -0.25) is 9.59 Å². The molecule has 2 aliphatic heterocycles. The van der Waals surface area contributed by atoms with E-state index < -0.39 is 22.0 Å². The SMILES string of the molecule is O=C1[C@@H](NS(=O)(=O)C=Cc2ccc(Cl)s2)CCCN1CC(=O)N1CCC[C@H]1c1nccc[n+]1O. The molecule has 0 bridgehead atoms. The summed E-state index contributed by atoms with van der Waals surface area (Å²) in [5.41, 5.74) is 0. The molecule has 4 heterocycles. The van der Waals surface area contributed by atoms with Crippen molar-refractivity contribution in [2.75, 3.05) is 19.6 Å². The molecule has 0 radical (unpaired) electrons. The molecule has 0 aliphatic carbocycles. The predicted molar refractivity (Wildman–Crippen MR) is 125 cm³/mol. The maximum atomic E-state index is 13.1. The normalized spacial score (nSPS) is 21.5. The molecule has 2 aliphatic rings. The second kappa shape index (κ2) is 10.4. The monoisotopic (exact) mass is 526 g/mol. The molecule has 10 nitrogen and oxygen atoms in total. The summed E-state index contributed by atoms with van der Waals surface area (Å²) >= 11 is 7.10. The second-order valence-electron chi connectivity index (χ2n) is 8.13. The van der Waals surface area contributed by atoms with Gasteiger partial charge in [-0.05, 0) is 48.9 Å². The Morgan fingerprint density at radius 1 is 1.32 bits per heavy atom. The summed E-state index contributed by atoms with van der Waals surface area (Å²) in [4.78, 5) is 33.9. The number of hydrogen-bond donors (Lipinski definition) is 2. The van der Waals surface area contributed by atoms with Gasteiger partial charge in [-0.2, -0.15) is 4.72 Å². The largest absolute Gasteiger partial charge is 0.359 e. The minimum Gasteiger partial charge on any atom is -0.350 e. The Morgan fingerprint density at radius 3 is 2.85 bits per heavy atom. The van der Waals surface area contributed by atoms with Crippen molar-refractivity contribution in [1.82, 2.24) is 19.5 Å². The van der Waals surface area contributed by atoms with E-state index in [2.05, 4.69) is 9.71 Å². The molecule has 2 atom stereocenters. The Hall–Kier alpha value is -2.54. The first-order chi connectivity index (χ1) is 16.2. The van der Waals surface area contributed by atoms with Crippen LogP contribution < -0.4 is 9.45 Å². The number of nitrogens with one attached hydrogen (secondary N) is 1. The standard InChI is InChI=1S/C21H25ClN5O5S2/c22-18-7-6-15(33-18)8-13-34(31,32)24-16-4-1-10-25(21(16)29)14-19(28)26-11-2-5-17(26)20-23-9-3-12-27(20)30/h3,6-9,12-13,16-17,24,30H,1-2,4-5,10-11,14H2/q+1/t16-,17-/m0/s1. The Labute approximate surface area is 206 Å². The fraction of sp³-hybridized carbons (Fsp3) is 0.429. The fourth-order valence-electron chi connectivity index (χ4n) is 4.22. The van der Waals surface area contributed by atoms with Gasteiger partial charge in [0.15, 0.2) is 0 Å². The Kier molecular flexibility index (Phi) is 7.51. The molecule has 2 fully saturated rings. The predicted octanol–water partition coefficient (Wildman–Crippen LogP) is 1.57. The number of nitrogens with zero attached hydrogens (tertiary/aromatic N) is 4. The topological polar surface area (TPSA) is 124 Å². The number of likely N-dealkylation sites (tertiary alicyclic amines) is 2. The quantitative estimate of drug-likeness (QED) is 0.417. The molecule has 4 rings (SSSR count). The van der Waals surface area contributed by atoms with Crippen LogP contribution in [0.3, 0.4) is 0 Å². The lowest BCUT2D eigenvalue weighted by molar-refractivity contribution is -0.913. The fourth-order valence-corrected chi connectivity index (χ4v) is 6.29. The number of rotatable bonds is 7. The van der Waals surface area contributed by atoms with Gasteiger partial charge in [-0.1, -0.05) is 16.3 Å². The van der Waals surface area contributed by atoms with Crippen molar-refractivity contribution in [1.29, 1.82) is 0 Å². The molecule has 182 valence electrons. The van der Waals surface area contributed by atoms with Gasteiger partial charge in [0.1, 0.15) is 24.5 Å². The summed E-state index contributed by atoms with van der Waals surface area (Å²) in [6, 6.07) is 3.64. The third-order valence-corrected chi connectivity index (χ3v) is 8.10. The average Bonchev–Trinajstić information content (AvgIpc) is 3.44. The van der Waals surface area contributed by atoms with Crippen molar-refractivity contribution in [3.63, 3.8) is 0 Å². The summed E-state index contributed by atoms with van der Waals surface area (Å²) in [7, 11) is -3.87. The first kappa shape index (κ1) is 24.6. The molecular formula is C21H25ClN5O5S2+. The number of carbonyl (C=O) groups excluding carboxylic acids is 2. The third-order valence-electron chi connectivity index (χ3n) is 5.79. The van der Waals surface area contributed by atoms with E-state index in [-0.39, 0.29) is 18.5 Å². The molecule has 2 amide bonds. The van der Waals surface area contributed by atoms with E-state index in [1.54, 1.807) is 29.3 Å². The summed E-state index contributed by atoms with van der Waals surface area (Å²) in [5.74, 6) is -0.330. The average molecular weight is 527 g/mol. The number of piperidine rings is 1. The molecule has 0 unspecified atom stereocenters. The van der Waals surface area contributed by atoms with Crippen LogP contribution in [0.15, 0.2) is 36.0 Å². The molecule has 0 aromatic carbocycles. The van der Waals surface area contributed by atoms with E-state index in [4.69, 9.17) is 11.6 Å². The van der Waals surface area contributed by atoms with E-state index in [9.17, 15) is 23.2 Å². The highest BCUT2D eigenvalue weighted by Gasteiger charge is 2.39. The highest BCUT2D eigenvalue weighted by atomic mass is 35.5. The minimum atomic E-state index is -3.87. The van der Waals surface area contributed by atoms with Crippen LogP contribution in [0.25, 0.3) is 6.08 Å². The number of thiophene rings is 1. The molecule has 2 saturated heterocycles. The van der Waals surface area contributed by atoms with Crippen LogP contribution in [0, 0.1) is 0 Å². The van der Waals surface area contributed by atoms with Crippen LogP contribution >= 0.6 is 22.9 Å². The Bertz CT molecular complexity index is 1200. The van der Waals surface area contributed by atoms with E-state index in [0.29, 0.717) is 47.4 Å². The number of sulfonamides is 1. The van der Waals surface area contributed by atoms with Gasteiger partial charge in [0.25, 0.3) is 0 Å². The first-order valence-corrected chi connectivity index (χ1v) is 13.6. The van der Waals surface area contributed by atoms with E-state index in [1.165, 1.54) is 28.5 Å². The number of amides is 2. The lowest BCUT2D eigenvalue weighted by Crippen LogP contribution is -2.54. The first-order valence-electron chi connectivity index (χ1n) is 10.8. The molecule has 0 spiro atoms. The van der Waals surface area contributed by atoms with Crippen LogP contribution in [0.2, 0.25) is 4.34 Å². The summed E-state index contributed by atoms with van der Waals surface area (Å²) in [5, 5.41) is 11.1. The van der Waals surface area contributed by atoms with Gasteiger partial charge in [-0.25, -0.2) is 8.42 Å². The zero-order valence-corrected chi connectivity index (χ0v) is 20.6. The smallest absolute Gasteiger partial charge is 0.350 e. The van der Waals surface area contributed by atoms with Crippen molar-refractivity contribution < 1.29 is 27.9 Å². The number of hydrogen-bond acceptors (Lipinski definition) is 7. The summed E-state index contributed by atoms with van der Waals surface area (Å²) in [6.45, 7) is 0.708. The molecule has 13 heteroatoms. The van der Waals surface area contributed by atoms with E-state index in [1.807, 2.05) is 0 Å². The molecule has 0 saturated carbocycles. The summed E-state index contributed by atoms with van der Waals surface area (Å²) < 4.78 is 28.9. The maximum Gasteiger partial charge on any atom is 0.359 e. The van der Waals surface area contributed by atoms with Gasteiger partial charge in [-0.15, -0.1) is 11.3 Å². The Balaban J connectivity index is 1.39. The van der Waals surface area contributed by atoms with Gasteiger partial charge in [0.2, 0.25) is 21.8 Å². The number of carbonyl (C=O) groups is 2. The summed E-state index contributed by atoms with van der Waals surface area (Å²) in [6.07, 6.45) is 6.76. The van der Waals surface area contributed by atoms with Crippen molar-refractivity contribution in [3.05, 3.63) is 51.0 Å². The van der Waals surface area contributed by atoms with E-state index >= 15 is 0 Å². The molecule has 34 heavy (non-hydrogen) atoms. The van der Waals surface area contributed by atoms with Crippen molar-refractivity contribution in [3.8, 4) is 0 Å². The number of aromatic nitrogens is 2. The number of halogens is 1. The van der Waals surface area contributed by atoms with Crippen LogP contribution in [-0.4, -0.2) is 65.9 Å². The molecule has 2 aromatic heterocycles. The Morgan fingerprint density at radius 2 is 2.12 bits per heavy atom. The van der Waals surface area contributed by atoms with Crippen molar-refractivity contribution >= 4 is 50.9 Å². The highest BCUT2D eigenvalue weighted by molar-refractivity contribution is 7.92. The van der Waals surface area contributed by atoms with Crippen LogP contribution in [0.1, 0.15) is 42.4 Å². The second-order valence-corrected chi connectivity index (χ2v) is 11.5. The van der Waals surface area contributed by atoms with Crippen LogP contribution in [0.5, 0.6) is 0 Å². The maximum absolute atomic E-state index is 13.1. The molecule has 2 N–H and O–H groups in total. The van der Waals surface area contributed by atoms with Crippen molar-refractivity contribution in [2.45, 2.75) is 37.8 Å². The molecule has 2 aromatic rings.